The Kier molecular flexibility index (Phi) is 8.98. The van der Waals surface area contributed by atoms with E-state index in [0.717, 1.165) is 12.1 Å². The molecule has 24 heavy (non-hydrogen) atoms. The van der Waals surface area contributed by atoms with Crippen molar-refractivity contribution in [1.82, 2.24) is 10.6 Å². The Morgan fingerprint density at radius 2 is 2.00 bits per heavy atom. The lowest BCUT2D eigenvalue weighted by Crippen LogP contribution is -2.38. The van der Waals surface area contributed by atoms with E-state index in [1.54, 1.807) is 18.4 Å². The van der Waals surface area contributed by atoms with E-state index in [2.05, 4.69) is 34.0 Å². The van der Waals surface area contributed by atoms with Crippen molar-refractivity contribution in [3.8, 4) is 5.75 Å². The molecule has 0 aliphatic carbocycles. The van der Waals surface area contributed by atoms with Gasteiger partial charge in [0.15, 0.2) is 17.6 Å². The Labute approximate surface area is 161 Å². The van der Waals surface area contributed by atoms with Crippen molar-refractivity contribution < 1.29 is 13.5 Å². The van der Waals surface area contributed by atoms with Crippen LogP contribution in [-0.2, 0) is 6.54 Å². The minimum absolute atomic E-state index is 0. The van der Waals surface area contributed by atoms with E-state index in [9.17, 15) is 8.78 Å². The van der Waals surface area contributed by atoms with Gasteiger partial charge in [0.2, 0.25) is 0 Å². The van der Waals surface area contributed by atoms with Gasteiger partial charge in [-0.25, -0.2) is 8.78 Å². The zero-order valence-electron chi connectivity index (χ0n) is 13.4. The highest BCUT2D eigenvalue weighted by Crippen LogP contribution is 2.15. The summed E-state index contributed by atoms with van der Waals surface area (Å²) in [4.78, 5) is 5.38. The van der Waals surface area contributed by atoms with Crippen molar-refractivity contribution >= 4 is 41.3 Å². The highest BCUT2D eigenvalue weighted by molar-refractivity contribution is 14.0. The third-order valence-corrected chi connectivity index (χ3v) is 4.19. The molecule has 4 nitrogen and oxygen atoms in total. The Morgan fingerprint density at radius 1 is 1.21 bits per heavy atom. The fourth-order valence-corrected chi connectivity index (χ4v) is 2.72. The van der Waals surface area contributed by atoms with Crippen molar-refractivity contribution in [1.29, 1.82) is 0 Å². The number of aryl methyl sites for hydroxylation is 1. The van der Waals surface area contributed by atoms with Crippen LogP contribution in [0.5, 0.6) is 5.75 Å². The van der Waals surface area contributed by atoms with Gasteiger partial charge < -0.3 is 15.4 Å². The van der Waals surface area contributed by atoms with Crippen LogP contribution >= 0.6 is 35.3 Å². The molecule has 0 atom stereocenters. The van der Waals surface area contributed by atoms with E-state index in [1.807, 2.05) is 0 Å². The Hall–Kier alpha value is -1.42. The topological polar surface area (TPSA) is 45.7 Å². The van der Waals surface area contributed by atoms with Gasteiger partial charge in [-0.3, -0.25) is 4.99 Å². The van der Waals surface area contributed by atoms with E-state index in [1.165, 1.54) is 16.5 Å². The number of thiophene rings is 1. The molecule has 1 aromatic carbocycles. The van der Waals surface area contributed by atoms with Crippen molar-refractivity contribution in [3.63, 3.8) is 0 Å². The Balaban J connectivity index is 0.00000288. The summed E-state index contributed by atoms with van der Waals surface area (Å²) in [5, 5.41) is 8.36. The van der Waals surface area contributed by atoms with Crippen molar-refractivity contribution in [2.75, 3.05) is 20.2 Å². The lowest BCUT2D eigenvalue weighted by molar-refractivity contribution is 0.318. The van der Waals surface area contributed by atoms with Crippen LogP contribution in [0, 0.1) is 18.6 Å². The molecule has 132 valence electrons. The molecule has 0 spiro atoms. The molecule has 2 N–H and O–H groups in total. The molecule has 0 amide bonds. The first-order valence-corrected chi connectivity index (χ1v) is 8.03. The monoisotopic (exact) mass is 467 g/mol. The maximum atomic E-state index is 13.0. The minimum Gasteiger partial charge on any atom is -0.492 e. The molecule has 2 aromatic rings. The van der Waals surface area contributed by atoms with E-state index >= 15 is 0 Å². The Morgan fingerprint density at radius 3 is 2.62 bits per heavy atom. The SMILES string of the molecule is CN=C(NCCOc1ccc(F)c(F)c1)NCc1sccc1C.I. The third kappa shape index (κ3) is 6.23. The second kappa shape index (κ2) is 10.4. The maximum absolute atomic E-state index is 13.0. The van der Waals surface area contributed by atoms with Crippen LogP contribution in [0.4, 0.5) is 8.78 Å². The largest absolute Gasteiger partial charge is 0.492 e. The lowest BCUT2D eigenvalue weighted by atomic mass is 10.3. The molecule has 2 rings (SSSR count). The van der Waals surface area contributed by atoms with Gasteiger partial charge in [-0.15, -0.1) is 35.3 Å². The summed E-state index contributed by atoms with van der Waals surface area (Å²) >= 11 is 1.69. The fraction of sp³-hybridized carbons (Fsp3) is 0.312. The van der Waals surface area contributed by atoms with Crippen LogP contribution in [0.25, 0.3) is 0 Å². The first-order valence-electron chi connectivity index (χ1n) is 7.15. The first kappa shape index (κ1) is 20.6. The minimum atomic E-state index is -0.917. The fourth-order valence-electron chi connectivity index (χ4n) is 1.87. The predicted molar refractivity (Wildman–Crippen MR) is 105 cm³/mol. The molecular formula is C16H20F2IN3OS. The predicted octanol–water partition coefficient (Wildman–Crippen LogP) is 3.70. The highest BCUT2D eigenvalue weighted by atomic mass is 127. The number of aliphatic imine (C=N–C) groups is 1. The molecule has 0 saturated heterocycles. The average Bonchev–Trinajstić information content (AvgIpc) is 2.95. The standard InChI is InChI=1S/C16H19F2N3OS.HI/c1-11-5-8-23-15(11)10-21-16(19-2)20-6-7-22-12-3-4-13(17)14(18)9-12;/h3-5,8-9H,6-7,10H2,1-2H3,(H2,19,20,21);1H. The number of nitrogens with zero attached hydrogens (tertiary/aromatic N) is 1. The summed E-state index contributed by atoms with van der Waals surface area (Å²) in [5.74, 6) is -0.849. The molecule has 0 bridgehead atoms. The number of halogens is 3. The summed E-state index contributed by atoms with van der Waals surface area (Å²) in [5.41, 5.74) is 1.25. The third-order valence-electron chi connectivity index (χ3n) is 3.16. The van der Waals surface area contributed by atoms with Crippen LogP contribution in [0.3, 0.4) is 0 Å². The number of guanidine groups is 1. The molecule has 0 fully saturated rings. The van der Waals surface area contributed by atoms with Gasteiger partial charge in [0, 0.05) is 18.0 Å². The van der Waals surface area contributed by atoms with E-state index < -0.39 is 11.6 Å². The zero-order chi connectivity index (χ0) is 16.7. The van der Waals surface area contributed by atoms with Gasteiger partial charge in [0.25, 0.3) is 0 Å². The van der Waals surface area contributed by atoms with Crippen LogP contribution in [-0.4, -0.2) is 26.2 Å². The summed E-state index contributed by atoms with van der Waals surface area (Å²) in [6.07, 6.45) is 0. The zero-order valence-corrected chi connectivity index (χ0v) is 16.6. The van der Waals surface area contributed by atoms with Gasteiger partial charge in [0.05, 0.1) is 13.1 Å². The Bertz CT molecular complexity index is 679. The average molecular weight is 467 g/mol. The van der Waals surface area contributed by atoms with E-state index in [4.69, 9.17) is 4.74 Å². The lowest BCUT2D eigenvalue weighted by Gasteiger charge is -2.12. The van der Waals surface area contributed by atoms with Crippen molar-refractivity contribution in [2.45, 2.75) is 13.5 Å². The summed E-state index contributed by atoms with van der Waals surface area (Å²) in [6.45, 7) is 3.57. The number of hydrogen-bond donors (Lipinski definition) is 2. The van der Waals surface area contributed by atoms with Crippen LogP contribution in [0.2, 0.25) is 0 Å². The summed E-state index contributed by atoms with van der Waals surface area (Å²) in [7, 11) is 1.69. The molecule has 0 saturated carbocycles. The van der Waals surface area contributed by atoms with Gasteiger partial charge in [0.1, 0.15) is 12.4 Å². The normalized spacial score (nSPS) is 10.9. The van der Waals surface area contributed by atoms with Gasteiger partial charge in [-0.1, -0.05) is 0 Å². The number of nitrogens with one attached hydrogen (secondary N) is 2. The number of rotatable bonds is 6. The first-order chi connectivity index (χ1) is 11.1. The molecule has 8 heteroatoms. The molecule has 1 aromatic heterocycles. The van der Waals surface area contributed by atoms with Crippen LogP contribution in [0.15, 0.2) is 34.6 Å². The molecule has 0 radical (unpaired) electrons. The van der Waals surface area contributed by atoms with Crippen LogP contribution < -0.4 is 15.4 Å². The van der Waals surface area contributed by atoms with Gasteiger partial charge in [-0.2, -0.15) is 0 Å². The van der Waals surface area contributed by atoms with Gasteiger partial charge in [-0.05, 0) is 36.1 Å². The molecular weight excluding hydrogens is 447 g/mol. The quantitative estimate of drug-likeness (QED) is 0.295. The number of hydrogen-bond acceptors (Lipinski definition) is 3. The summed E-state index contributed by atoms with van der Waals surface area (Å²) in [6, 6.07) is 5.54. The molecule has 0 aliphatic heterocycles. The highest BCUT2D eigenvalue weighted by Gasteiger charge is 2.04. The number of benzene rings is 1. The van der Waals surface area contributed by atoms with E-state index in [-0.39, 0.29) is 24.0 Å². The summed E-state index contributed by atoms with van der Waals surface area (Å²) < 4.78 is 31.2. The molecule has 1 heterocycles. The molecule has 0 aliphatic rings. The maximum Gasteiger partial charge on any atom is 0.191 e. The van der Waals surface area contributed by atoms with Crippen molar-refractivity contribution in [2.24, 2.45) is 4.99 Å². The van der Waals surface area contributed by atoms with Crippen molar-refractivity contribution in [3.05, 3.63) is 51.7 Å². The number of ether oxygens (including phenoxy) is 1. The van der Waals surface area contributed by atoms with Crippen LogP contribution in [0.1, 0.15) is 10.4 Å². The van der Waals surface area contributed by atoms with Gasteiger partial charge >= 0.3 is 0 Å². The second-order valence-electron chi connectivity index (χ2n) is 4.80. The molecule has 0 unspecified atom stereocenters. The smallest absolute Gasteiger partial charge is 0.191 e. The second-order valence-corrected chi connectivity index (χ2v) is 5.80. The van der Waals surface area contributed by atoms with E-state index in [0.29, 0.717) is 31.4 Å².